The molecule has 0 heterocycles. The van der Waals surface area contributed by atoms with Crippen molar-refractivity contribution in [2.24, 2.45) is 30.7 Å². The van der Waals surface area contributed by atoms with Crippen molar-refractivity contribution in [2.75, 3.05) is 14.2 Å². The summed E-state index contributed by atoms with van der Waals surface area (Å²) in [5, 5.41) is 50.7. The molecule has 0 radical (unpaired) electrons. The van der Waals surface area contributed by atoms with E-state index in [-0.39, 0.29) is 185 Å². The van der Waals surface area contributed by atoms with Crippen LogP contribution >= 0.6 is 0 Å². The second kappa shape index (κ2) is 27.6. The molecular weight excluding hydrogens is 1090 g/mol. The molecule has 0 aliphatic carbocycles. The van der Waals surface area contributed by atoms with Crippen molar-refractivity contribution in [1.29, 1.82) is 0 Å². The van der Waals surface area contributed by atoms with Gasteiger partial charge in [-0.25, -0.2) is 33.7 Å². The Morgan fingerprint density at radius 3 is 1.04 bits per heavy atom. The Morgan fingerprint density at radius 1 is 0.432 bits per heavy atom. The summed E-state index contributed by atoms with van der Waals surface area (Å²) in [7, 11) is -17.5. The summed E-state index contributed by atoms with van der Waals surface area (Å²) in [6, 6.07) is 20.5. The largest absolute Gasteiger partial charge is 1.00 e. The molecular formula is C42H32N8Na4O16S4. The predicted molar refractivity (Wildman–Crippen MR) is 241 cm³/mol. The standard InChI is InChI=1S/C42H36N8O16S4.4Na/c1-25-19-37(39(65-3)23-35(25)45-43-29-9-15-33(16-10-29)67(53,54)55)47-49(51)31-13-7-27(41(21-31)69(59,60)61)5-6-28-8-14-32(22-42(28)70(62,63)64)50(52)48-38-20-26(2)36(24-40(38)66-4)46-44-30-11-17-34(18-12-30)68(56,57)58;;;;/h5-24H,1-4H3,(H,53,54,55)(H,56,57,58)(H,59,60,61)(H,62,63,64);;;;/q;4*+1/p-4/b6-5+,45-43?,46-44?,49-47?,50-48?;;;;. The molecule has 0 bridgehead atoms. The van der Waals surface area contributed by atoms with Crippen molar-refractivity contribution in [3.63, 3.8) is 0 Å². The van der Waals surface area contributed by atoms with E-state index in [4.69, 9.17) is 9.47 Å². The Morgan fingerprint density at radius 2 is 0.757 bits per heavy atom. The third kappa shape index (κ3) is 17.4. The number of methoxy groups -OCH3 is 2. The van der Waals surface area contributed by atoms with Gasteiger partial charge in [-0.05, 0) is 119 Å². The molecule has 0 aliphatic rings. The SMILES string of the molecule is COc1cc(N=Nc2ccc(S(=O)(=O)[O-])cc2)c(C)cc1N=[N+]([O-])c1ccc(/C=C/c2ccc([N+]([O-])=Nc3cc(C)c(N=Nc4ccc(S(=O)(=O)[O-])cc4)cc3OC)cc2S(=O)(=O)[O-])c(S(=O)(=O)[O-])c1.[Na+].[Na+].[Na+].[Na+]. The minimum Gasteiger partial charge on any atom is -0.744 e. The van der Waals surface area contributed by atoms with Gasteiger partial charge < -0.3 is 38.1 Å². The quantitative estimate of drug-likeness (QED) is 0.0230. The third-order valence-corrected chi connectivity index (χ3v) is 13.1. The van der Waals surface area contributed by atoms with Gasteiger partial charge in [-0.1, -0.05) is 12.2 Å². The van der Waals surface area contributed by atoms with Gasteiger partial charge in [0.1, 0.15) is 40.5 Å². The van der Waals surface area contributed by atoms with E-state index in [1.807, 2.05) is 0 Å². The summed E-state index contributed by atoms with van der Waals surface area (Å²) in [6.45, 7) is 3.17. The minimum atomic E-state index is -5.34. The van der Waals surface area contributed by atoms with Crippen molar-refractivity contribution in [2.45, 2.75) is 33.4 Å². The molecule has 0 atom stereocenters. The van der Waals surface area contributed by atoms with Crippen molar-refractivity contribution >= 4 is 98.1 Å². The summed E-state index contributed by atoms with van der Waals surface area (Å²) >= 11 is 0. The van der Waals surface area contributed by atoms with Crippen LogP contribution in [0.4, 0.5) is 45.5 Å². The number of rotatable bonds is 16. The number of hydrogen-bond donors (Lipinski definition) is 0. The molecule has 0 saturated heterocycles. The molecule has 74 heavy (non-hydrogen) atoms. The van der Waals surface area contributed by atoms with Crippen molar-refractivity contribution < 1.29 is 189 Å². The Balaban J connectivity index is 0.00000469. The fraction of sp³-hybridized carbons (Fsp3) is 0.0952. The van der Waals surface area contributed by atoms with E-state index in [1.54, 1.807) is 13.8 Å². The normalized spacial score (nSPS) is 12.4. The molecule has 0 amide bonds. The molecule has 0 saturated carbocycles. The van der Waals surface area contributed by atoms with Gasteiger partial charge in [-0.3, -0.25) is 0 Å². The first-order valence-electron chi connectivity index (χ1n) is 19.3. The Hall–Kier alpha value is -3.70. The monoisotopic (exact) mass is 1120 g/mol. The number of hydrogen-bond acceptors (Lipinski definition) is 22. The van der Waals surface area contributed by atoms with E-state index in [0.717, 1.165) is 60.7 Å². The predicted octanol–water partition coefficient (Wildman–Crippen LogP) is -3.19. The summed E-state index contributed by atoms with van der Waals surface area (Å²) in [5.74, 6) is 0.00844. The minimum absolute atomic E-state index is 0. The summed E-state index contributed by atoms with van der Waals surface area (Å²) in [4.78, 5) is -2.79. The van der Waals surface area contributed by atoms with Gasteiger partial charge in [0.2, 0.25) is 11.4 Å². The summed E-state index contributed by atoms with van der Waals surface area (Å²) in [6.07, 6.45) is 1.98. The van der Waals surface area contributed by atoms with Crippen LogP contribution in [-0.2, 0) is 40.5 Å². The Labute approximate surface area is 512 Å². The van der Waals surface area contributed by atoms with E-state index in [2.05, 4.69) is 30.7 Å². The molecule has 364 valence electrons. The smallest absolute Gasteiger partial charge is 0.744 e. The van der Waals surface area contributed by atoms with Gasteiger partial charge in [-0.15, -0.1) is 0 Å². The molecule has 6 rings (SSSR count). The molecule has 6 aromatic rings. The molecule has 0 fully saturated rings. The first-order valence-corrected chi connectivity index (χ1v) is 25.0. The fourth-order valence-electron chi connectivity index (χ4n) is 6.09. The molecule has 6 aromatic carbocycles. The molecule has 0 aliphatic heterocycles. The number of ether oxygens (including phenoxy) is 2. The van der Waals surface area contributed by atoms with Crippen LogP contribution in [0, 0.1) is 24.3 Å². The van der Waals surface area contributed by atoms with Crippen LogP contribution in [0.5, 0.6) is 11.5 Å². The molecule has 24 nitrogen and oxygen atoms in total. The van der Waals surface area contributed by atoms with Gasteiger partial charge in [0, 0.05) is 46.6 Å². The van der Waals surface area contributed by atoms with E-state index in [0.29, 0.717) is 23.3 Å². The number of aryl methyl sites for hydroxylation is 2. The number of nitrogens with zero attached hydrogens (tertiary/aromatic N) is 8. The van der Waals surface area contributed by atoms with E-state index in [1.165, 1.54) is 62.8 Å². The maximum Gasteiger partial charge on any atom is 1.00 e. The number of benzene rings is 6. The third-order valence-electron chi connectivity index (χ3n) is 9.61. The van der Waals surface area contributed by atoms with Gasteiger partial charge in [0.15, 0.2) is 22.9 Å². The van der Waals surface area contributed by atoms with Crippen LogP contribution in [0.15, 0.2) is 159 Å². The molecule has 0 unspecified atom stereocenters. The second-order valence-electron chi connectivity index (χ2n) is 14.3. The Kier molecular flexibility index (Phi) is 24.7. The van der Waals surface area contributed by atoms with Crippen molar-refractivity contribution in [3.05, 3.63) is 142 Å². The van der Waals surface area contributed by atoms with Crippen LogP contribution in [0.25, 0.3) is 12.2 Å². The van der Waals surface area contributed by atoms with Gasteiger partial charge in [-0.2, -0.15) is 20.5 Å². The Bertz CT molecular complexity index is 3440. The van der Waals surface area contributed by atoms with Gasteiger partial charge in [0.05, 0.1) is 56.6 Å². The van der Waals surface area contributed by atoms with E-state index < -0.39 is 71.4 Å². The van der Waals surface area contributed by atoms with E-state index in [9.17, 15) is 62.3 Å². The molecule has 32 heteroatoms. The summed E-state index contributed by atoms with van der Waals surface area (Å²) < 4.78 is 153. The van der Waals surface area contributed by atoms with Crippen LogP contribution < -0.4 is 128 Å². The van der Waals surface area contributed by atoms with E-state index >= 15 is 0 Å². The van der Waals surface area contributed by atoms with Gasteiger partial charge >= 0.3 is 118 Å². The summed E-state index contributed by atoms with van der Waals surface area (Å²) in [5.41, 5.74) is 0.0206. The van der Waals surface area contributed by atoms with Crippen LogP contribution in [0.1, 0.15) is 22.3 Å². The van der Waals surface area contributed by atoms with Crippen molar-refractivity contribution in [3.8, 4) is 11.5 Å². The molecule has 0 aromatic heterocycles. The first-order chi connectivity index (χ1) is 32.7. The second-order valence-corrected chi connectivity index (χ2v) is 19.8. The van der Waals surface area contributed by atoms with Crippen molar-refractivity contribution in [1.82, 2.24) is 0 Å². The number of azo groups is 4. The van der Waals surface area contributed by atoms with Crippen LogP contribution in [-0.4, -0.2) is 75.8 Å². The maximum atomic E-state index is 13.3. The zero-order chi connectivity index (χ0) is 51.3. The van der Waals surface area contributed by atoms with Crippen LogP contribution in [0.2, 0.25) is 0 Å². The average Bonchev–Trinajstić information content (AvgIpc) is 3.29. The average molecular weight is 1120 g/mol. The zero-order valence-electron chi connectivity index (χ0n) is 40.3. The van der Waals surface area contributed by atoms with Crippen LogP contribution in [0.3, 0.4) is 0 Å². The topological polar surface area (TPSA) is 374 Å². The maximum absolute atomic E-state index is 13.3. The fourth-order valence-corrected chi connectivity index (χ4v) is 8.41. The zero-order valence-corrected chi connectivity index (χ0v) is 51.6. The molecule has 0 N–H and O–H groups in total. The van der Waals surface area contributed by atoms with Gasteiger partial charge in [0.25, 0.3) is 0 Å². The first kappa shape index (κ1) is 66.4. The molecule has 0 spiro atoms.